The minimum Gasteiger partial charge on any atom is -0.299 e. The molecule has 0 atom stereocenters. The van der Waals surface area contributed by atoms with Crippen molar-refractivity contribution < 1.29 is 4.79 Å². The van der Waals surface area contributed by atoms with Gasteiger partial charge in [0.15, 0.2) is 0 Å². The highest BCUT2D eigenvalue weighted by Crippen LogP contribution is 2.23. The number of thiazole rings is 1. The summed E-state index contributed by atoms with van der Waals surface area (Å²) >= 11 is 1.68. The summed E-state index contributed by atoms with van der Waals surface area (Å²) in [7, 11) is 0. The highest BCUT2D eigenvalue weighted by molar-refractivity contribution is 7.19. The van der Waals surface area contributed by atoms with Gasteiger partial charge in [0.05, 0.1) is 10.2 Å². The van der Waals surface area contributed by atoms with Gasteiger partial charge in [-0.3, -0.25) is 4.79 Å². The van der Waals surface area contributed by atoms with Gasteiger partial charge in [0, 0.05) is 11.8 Å². The average Bonchev–Trinajstić information content (AvgIpc) is 2.75. The second-order valence-electron chi connectivity index (χ2n) is 5.63. The molecule has 0 bridgehead atoms. The van der Waals surface area contributed by atoms with Crippen LogP contribution in [0, 0.1) is 5.41 Å². The molecule has 0 aliphatic heterocycles. The van der Waals surface area contributed by atoms with Gasteiger partial charge in [0.2, 0.25) is 0 Å². The lowest BCUT2D eigenvalue weighted by Crippen LogP contribution is -2.19. The van der Waals surface area contributed by atoms with Crippen LogP contribution in [0.5, 0.6) is 0 Å². The van der Waals surface area contributed by atoms with E-state index in [0.717, 1.165) is 16.9 Å². The second-order valence-corrected chi connectivity index (χ2v) is 6.70. The maximum absolute atomic E-state index is 11.8. The SMILES string of the molecule is CC(C)(C)C(=O)CC/C=C/c1nc2ccccc2s1. The Morgan fingerprint density at radius 2 is 2.05 bits per heavy atom. The molecule has 3 heteroatoms. The standard InChI is InChI=1S/C16H19NOS/c1-16(2,3)14(18)10-6-7-11-15-17-12-8-4-5-9-13(12)19-15/h4-5,7-9,11H,6,10H2,1-3H3/b11-7+. The number of fused-ring (bicyclic) bond motifs is 1. The van der Waals surface area contributed by atoms with Gasteiger partial charge in [0.1, 0.15) is 10.8 Å². The van der Waals surface area contributed by atoms with Crippen LogP contribution in [0.3, 0.4) is 0 Å². The van der Waals surface area contributed by atoms with E-state index in [0.29, 0.717) is 12.2 Å². The summed E-state index contributed by atoms with van der Waals surface area (Å²) in [4.78, 5) is 16.3. The topological polar surface area (TPSA) is 30.0 Å². The van der Waals surface area contributed by atoms with Crippen LogP contribution < -0.4 is 0 Å². The molecule has 0 saturated carbocycles. The third-order valence-electron chi connectivity index (χ3n) is 2.95. The number of ketones is 1. The number of para-hydroxylation sites is 1. The molecule has 100 valence electrons. The predicted octanol–water partition coefficient (Wildman–Crippen LogP) is 4.70. The van der Waals surface area contributed by atoms with Gasteiger partial charge >= 0.3 is 0 Å². The molecule has 0 fully saturated rings. The van der Waals surface area contributed by atoms with Gasteiger partial charge in [-0.05, 0) is 24.6 Å². The fourth-order valence-electron chi connectivity index (χ4n) is 1.73. The zero-order valence-corrected chi connectivity index (χ0v) is 12.5. The van der Waals surface area contributed by atoms with E-state index in [9.17, 15) is 4.79 Å². The molecular formula is C16H19NOS. The molecule has 0 aliphatic carbocycles. The number of benzene rings is 1. The van der Waals surface area contributed by atoms with E-state index in [1.54, 1.807) is 11.3 Å². The first-order chi connectivity index (χ1) is 8.97. The molecule has 0 saturated heterocycles. The van der Waals surface area contributed by atoms with E-state index in [1.165, 1.54) is 4.70 Å². The van der Waals surface area contributed by atoms with Crippen molar-refractivity contribution in [3.63, 3.8) is 0 Å². The molecule has 0 radical (unpaired) electrons. The van der Waals surface area contributed by atoms with Crippen molar-refractivity contribution in [1.29, 1.82) is 0 Å². The number of allylic oxidation sites excluding steroid dienone is 1. The molecule has 19 heavy (non-hydrogen) atoms. The van der Waals surface area contributed by atoms with Crippen LogP contribution in [0.4, 0.5) is 0 Å². The first kappa shape index (κ1) is 13.9. The molecule has 0 aliphatic rings. The quantitative estimate of drug-likeness (QED) is 0.807. The second kappa shape index (κ2) is 5.66. The van der Waals surface area contributed by atoms with E-state index >= 15 is 0 Å². The third kappa shape index (κ3) is 3.74. The Morgan fingerprint density at radius 3 is 2.74 bits per heavy atom. The summed E-state index contributed by atoms with van der Waals surface area (Å²) in [5, 5.41) is 1.00. The first-order valence-electron chi connectivity index (χ1n) is 6.52. The maximum atomic E-state index is 11.8. The summed E-state index contributed by atoms with van der Waals surface area (Å²) in [5.41, 5.74) is 0.807. The summed E-state index contributed by atoms with van der Waals surface area (Å²) < 4.78 is 1.20. The molecule has 1 heterocycles. The number of Topliss-reactive ketones (excluding diaryl/α,β-unsaturated/α-hetero) is 1. The minimum absolute atomic E-state index is 0.232. The van der Waals surface area contributed by atoms with Gasteiger partial charge in [-0.15, -0.1) is 11.3 Å². The van der Waals surface area contributed by atoms with Gasteiger partial charge in [-0.2, -0.15) is 0 Å². The van der Waals surface area contributed by atoms with Crippen molar-refractivity contribution in [3.8, 4) is 0 Å². The van der Waals surface area contributed by atoms with Crippen LogP contribution in [0.25, 0.3) is 16.3 Å². The highest BCUT2D eigenvalue weighted by atomic mass is 32.1. The number of carbonyl (C=O) groups is 1. The number of hydrogen-bond donors (Lipinski definition) is 0. The molecule has 0 amide bonds. The highest BCUT2D eigenvalue weighted by Gasteiger charge is 2.19. The minimum atomic E-state index is -0.232. The smallest absolute Gasteiger partial charge is 0.138 e. The summed E-state index contributed by atoms with van der Waals surface area (Å²) in [5.74, 6) is 0.307. The molecule has 1 aromatic carbocycles. The monoisotopic (exact) mass is 273 g/mol. The number of carbonyl (C=O) groups excluding carboxylic acids is 1. The van der Waals surface area contributed by atoms with Gasteiger partial charge in [-0.25, -0.2) is 4.98 Å². The van der Waals surface area contributed by atoms with E-state index in [2.05, 4.69) is 11.1 Å². The molecule has 2 nitrogen and oxygen atoms in total. The van der Waals surface area contributed by atoms with Crippen LogP contribution >= 0.6 is 11.3 Å². The third-order valence-corrected chi connectivity index (χ3v) is 3.95. The molecule has 0 spiro atoms. The van der Waals surface area contributed by atoms with Crippen molar-refractivity contribution in [3.05, 3.63) is 35.3 Å². The van der Waals surface area contributed by atoms with Gasteiger partial charge in [-0.1, -0.05) is 39.0 Å². The summed E-state index contributed by atoms with van der Waals surface area (Å²) in [6.45, 7) is 5.89. The van der Waals surface area contributed by atoms with Crippen LogP contribution in [0.2, 0.25) is 0 Å². The molecule has 2 rings (SSSR count). The van der Waals surface area contributed by atoms with E-state index in [4.69, 9.17) is 0 Å². The zero-order chi connectivity index (χ0) is 13.9. The lowest BCUT2D eigenvalue weighted by Gasteiger charge is -2.15. The van der Waals surface area contributed by atoms with Crippen molar-refractivity contribution in [2.24, 2.45) is 5.41 Å². The Bertz CT molecular complexity index is 571. The summed E-state index contributed by atoms with van der Waals surface area (Å²) in [6, 6.07) is 8.12. The lowest BCUT2D eigenvalue weighted by molar-refractivity contribution is -0.126. The average molecular weight is 273 g/mol. The fourth-order valence-corrected chi connectivity index (χ4v) is 2.63. The van der Waals surface area contributed by atoms with Gasteiger partial charge < -0.3 is 0 Å². The molecule has 0 N–H and O–H groups in total. The van der Waals surface area contributed by atoms with Crippen molar-refractivity contribution in [1.82, 2.24) is 4.98 Å². The molecule has 2 aromatic rings. The van der Waals surface area contributed by atoms with E-state index in [1.807, 2.05) is 51.1 Å². The van der Waals surface area contributed by atoms with Gasteiger partial charge in [0.25, 0.3) is 0 Å². The Hall–Kier alpha value is -1.48. The maximum Gasteiger partial charge on any atom is 0.138 e. The Morgan fingerprint density at radius 1 is 1.32 bits per heavy atom. The Labute approximate surface area is 118 Å². The summed E-state index contributed by atoms with van der Waals surface area (Å²) in [6.07, 6.45) is 5.44. The number of rotatable bonds is 4. The largest absolute Gasteiger partial charge is 0.299 e. The molecule has 0 unspecified atom stereocenters. The first-order valence-corrected chi connectivity index (χ1v) is 7.34. The number of hydrogen-bond acceptors (Lipinski definition) is 3. The van der Waals surface area contributed by atoms with Crippen LogP contribution in [-0.4, -0.2) is 10.8 Å². The van der Waals surface area contributed by atoms with Crippen LogP contribution in [0.15, 0.2) is 30.3 Å². The van der Waals surface area contributed by atoms with Crippen molar-refractivity contribution in [2.75, 3.05) is 0 Å². The number of aromatic nitrogens is 1. The van der Waals surface area contributed by atoms with Crippen molar-refractivity contribution in [2.45, 2.75) is 33.6 Å². The molecular weight excluding hydrogens is 254 g/mol. The van der Waals surface area contributed by atoms with Crippen LogP contribution in [-0.2, 0) is 4.79 Å². The Balaban J connectivity index is 1.94. The van der Waals surface area contributed by atoms with Crippen LogP contribution in [0.1, 0.15) is 38.6 Å². The van der Waals surface area contributed by atoms with Crippen molar-refractivity contribution >= 4 is 33.4 Å². The lowest BCUT2D eigenvalue weighted by atomic mass is 9.88. The Kier molecular flexibility index (Phi) is 4.15. The fraction of sp³-hybridized carbons (Fsp3) is 0.375. The predicted molar refractivity (Wildman–Crippen MR) is 82.4 cm³/mol. The zero-order valence-electron chi connectivity index (χ0n) is 11.6. The van der Waals surface area contributed by atoms with E-state index in [-0.39, 0.29) is 5.41 Å². The normalized spacial score (nSPS) is 12.4. The number of nitrogens with zero attached hydrogens (tertiary/aromatic N) is 1. The molecule has 1 aromatic heterocycles. The van der Waals surface area contributed by atoms with E-state index < -0.39 is 0 Å².